The molecule has 0 saturated heterocycles. The fourth-order valence-electron chi connectivity index (χ4n) is 7.44. The predicted octanol–water partition coefficient (Wildman–Crippen LogP) is 13.3. The number of ether oxygens (including phenoxy) is 4. The predicted molar refractivity (Wildman–Crippen MR) is 245 cm³/mol. The number of hydrogen-bond donors (Lipinski definition) is 1. The van der Waals surface area contributed by atoms with Crippen LogP contribution in [0.5, 0.6) is 0 Å². The highest BCUT2D eigenvalue weighted by Crippen LogP contribution is 2.36. The maximum absolute atomic E-state index is 13.7. The molecule has 59 heavy (non-hydrogen) atoms. The SMILES string of the molecule is CCCCC/C=C\C/C=C\CCCCCC(OC(=O)CCC(OCCCCCCCC)OCCCCCCCC)C(CCC)(COC(=O)CCCN(CC)CC)C(=O)O. The first-order valence-corrected chi connectivity index (χ1v) is 24.6. The third-order valence-electron chi connectivity index (χ3n) is 11.4. The monoisotopic (exact) mass is 836 g/mol. The zero-order chi connectivity index (χ0) is 43.7. The summed E-state index contributed by atoms with van der Waals surface area (Å²) in [6.45, 7) is 16.2. The van der Waals surface area contributed by atoms with Gasteiger partial charge in [-0.05, 0) is 90.3 Å². The molecule has 0 fully saturated rings. The lowest BCUT2D eigenvalue weighted by molar-refractivity contribution is -0.182. The second-order valence-corrected chi connectivity index (χ2v) is 16.5. The normalized spacial score (nSPS) is 13.5. The molecule has 1 N–H and O–H groups in total. The number of carbonyl (C=O) groups is 3. The second-order valence-electron chi connectivity index (χ2n) is 16.5. The van der Waals surface area contributed by atoms with Crippen LogP contribution in [-0.2, 0) is 33.3 Å². The smallest absolute Gasteiger partial charge is 0.316 e. The maximum atomic E-state index is 13.7. The molecule has 0 radical (unpaired) electrons. The van der Waals surface area contributed by atoms with Gasteiger partial charge in [-0.2, -0.15) is 0 Å². The van der Waals surface area contributed by atoms with Gasteiger partial charge in [0.15, 0.2) is 6.29 Å². The van der Waals surface area contributed by atoms with Crippen LogP contribution in [0.15, 0.2) is 24.3 Å². The van der Waals surface area contributed by atoms with Crippen LogP contribution in [-0.4, -0.2) is 79.8 Å². The molecule has 0 heterocycles. The lowest BCUT2D eigenvalue weighted by Crippen LogP contribution is -2.49. The molecule has 0 rings (SSSR count). The van der Waals surface area contributed by atoms with Crippen molar-refractivity contribution in [3.63, 3.8) is 0 Å². The van der Waals surface area contributed by atoms with Crippen LogP contribution in [0.1, 0.15) is 221 Å². The molecule has 346 valence electrons. The summed E-state index contributed by atoms with van der Waals surface area (Å²) in [4.78, 5) is 42.1. The van der Waals surface area contributed by atoms with Crippen molar-refractivity contribution in [3.8, 4) is 0 Å². The van der Waals surface area contributed by atoms with Crippen molar-refractivity contribution in [2.75, 3.05) is 39.5 Å². The zero-order valence-corrected chi connectivity index (χ0v) is 39.3. The van der Waals surface area contributed by atoms with Crippen LogP contribution in [0.3, 0.4) is 0 Å². The topological polar surface area (TPSA) is 112 Å². The highest BCUT2D eigenvalue weighted by atomic mass is 16.7. The second kappa shape index (κ2) is 41.1. The van der Waals surface area contributed by atoms with Crippen LogP contribution < -0.4 is 0 Å². The number of allylic oxidation sites excluding steroid dienone is 4. The summed E-state index contributed by atoms with van der Waals surface area (Å²) >= 11 is 0. The largest absolute Gasteiger partial charge is 0.481 e. The molecular weight excluding hydrogens is 743 g/mol. The number of nitrogens with zero attached hydrogens (tertiary/aromatic N) is 1. The van der Waals surface area contributed by atoms with Gasteiger partial charge in [0.1, 0.15) is 18.1 Å². The number of rotatable bonds is 44. The van der Waals surface area contributed by atoms with E-state index in [1.165, 1.54) is 70.6 Å². The van der Waals surface area contributed by atoms with E-state index in [0.29, 0.717) is 45.3 Å². The number of carboxylic acid groups (broad SMARTS) is 1. The number of aliphatic carboxylic acids is 1. The summed E-state index contributed by atoms with van der Waals surface area (Å²) in [7, 11) is 0. The van der Waals surface area contributed by atoms with Gasteiger partial charge in [-0.1, -0.05) is 156 Å². The lowest BCUT2D eigenvalue weighted by Gasteiger charge is -2.36. The summed E-state index contributed by atoms with van der Waals surface area (Å²) in [6, 6.07) is 0. The average Bonchev–Trinajstić information content (AvgIpc) is 3.23. The number of carboxylic acids is 1. The fourth-order valence-corrected chi connectivity index (χ4v) is 7.44. The fraction of sp³-hybridized carbons (Fsp3) is 0.860. The Balaban J connectivity index is 5.73. The van der Waals surface area contributed by atoms with Gasteiger partial charge in [0.25, 0.3) is 0 Å². The Bertz CT molecular complexity index is 1030. The van der Waals surface area contributed by atoms with Gasteiger partial charge >= 0.3 is 17.9 Å². The van der Waals surface area contributed by atoms with Crippen molar-refractivity contribution in [1.29, 1.82) is 0 Å². The Kier molecular flexibility index (Phi) is 39.6. The van der Waals surface area contributed by atoms with Crippen molar-refractivity contribution in [2.24, 2.45) is 5.41 Å². The van der Waals surface area contributed by atoms with Crippen molar-refractivity contribution in [1.82, 2.24) is 4.90 Å². The molecule has 0 bridgehead atoms. The molecular formula is C50H93NO8. The molecule has 0 aromatic heterocycles. The van der Waals surface area contributed by atoms with Crippen LogP contribution in [0.2, 0.25) is 0 Å². The quantitative estimate of drug-likeness (QED) is 0.0277. The third-order valence-corrected chi connectivity index (χ3v) is 11.4. The molecule has 0 spiro atoms. The van der Waals surface area contributed by atoms with E-state index < -0.39 is 35.7 Å². The van der Waals surface area contributed by atoms with E-state index in [1.807, 2.05) is 6.92 Å². The first-order valence-electron chi connectivity index (χ1n) is 24.6. The van der Waals surface area contributed by atoms with Crippen molar-refractivity contribution < 1.29 is 38.4 Å². The number of unbranched alkanes of at least 4 members (excludes halogenated alkanes) is 16. The molecule has 2 atom stereocenters. The number of carbonyl (C=O) groups excluding carboxylic acids is 2. The van der Waals surface area contributed by atoms with Crippen LogP contribution in [0, 0.1) is 5.41 Å². The highest BCUT2D eigenvalue weighted by Gasteiger charge is 2.48. The molecule has 9 nitrogen and oxygen atoms in total. The van der Waals surface area contributed by atoms with Gasteiger partial charge in [0, 0.05) is 26.1 Å². The minimum atomic E-state index is -1.54. The molecule has 0 aromatic rings. The first kappa shape index (κ1) is 56.8. The van der Waals surface area contributed by atoms with Crippen molar-refractivity contribution in [3.05, 3.63) is 24.3 Å². The zero-order valence-electron chi connectivity index (χ0n) is 39.3. The van der Waals surface area contributed by atoms with Gasteiger partial charge < -0.3 is 29.0 Å². The molecule has 9 heteroatoms. The summed E-state index contributed by atoms with van der Waals surface area (Å²) in [5, 5.41) is 10.8. The average molecular weight is 836 g/mol. The summed E-state index contributed by atoms with van der Waals surface area (Å²) in [6.07, 6.45) is 33.1. The summed E-state index contributed by atoms with van der Waals surface area (Å²) in [5.74, 6) is -1.98. The highest BCUT2D eigenvalue weighted by molar-refractivity contribution is 5.78. The summed E-state index contributed by atoms with van der Waals surface area (Å²) < 4.78 is 24.3. The van der Waals surface area contributed by atoms with Gasteiger partial charge in [-0.15, -0.1) is 0 Å². The van der Waals surface area contributed by atoms with Crippen LogP contribution in [0.25, 0.3) is 0 Å². The Morgan fingerprint density at radius 1 is 0.576 bits per heavy atom. The number of hydrogen-bond acceptors (Lipinski definition) is 8. The van der Waals surface area contributed by atoms with Crippen molar-refractivity contribution >= 4 is 17.9 Å². The first-order chi connectivity index (χ1) is 28.7. The molecule has 2 unspecified atom stereocenters. The van der Waals surface area contributed by atoms with E-state index in [-0.39, 0.29) is 25.9 Å². The Hall–Kier alpha value is -2.23. The Morgan fingerprint density at radius 3 is 1.64 bits per heavy atom. The van der Waals surface area contributed by atoms with Crippen molar-refractivity contribution in [2.45, 2.75) is 234 Å². The minimum Gasteiger partial charge on any atom is -0.481 e. The van der Waals surface area contributed by atoms with Gasteiger partial charge in [0.2, 0.25) is 0 Å². The van der Waals surface area contributed by atoms with Gasteiger partial charge in [-0.25, -0.2) is 0 Å². The molecule has 0 aliphatic heterocycles. The minimum absolute atomic E-state index is 0.0545. The maximum Gasteiger partial charge on any atom is 0.316 e. The third kappa shape index (κ3) is 31.3. The standard InChI is InChI=1S/C50H93NO8/c1-7-13-16-19-22-23-24-25-26-27-28-29-32-36-45(50(40-10-4,49(54)55)44-58-46(52)37-35-41-51(11-5)12-6)59-47(53)38-39-48(56-42-33-30-20-17-14-8-2)57-43-34-31-21-18-15-9-3/h22-23,25-26,45,48H,7-21,24,27-44H2,1-6H3,(H,54,55)/b23-22-,26-25-. The molecule has 0 aliphatic carbocycles. The van der Waals surface area contributed by atoms with E-state index >= 15 is 0 Å². The van der Waals surface area contributed by atoms with Crippen LogP contribution in [0.4, 0.5) is 0 Å². The Labute approximate surface area is 363 Å². The Morgan fingerprint density at radius 2 is 1.10 bits per heavy atom. The molecule has 0 amide bonds. The van der Waals surface area contributed by atoms with E-state index in [0.717, 1.165) is 77.4 Å². The van der Waals surface area contributed by atoms with E-state index in [4.69, 9.17) is 18.9 Å². The van der Waals surface area contributed by atoms with E-state index in [1.54, 1.807) is 0 Å². The van der Waals surface area contributed by atoms with Gasteiger partial charge in [-0.3, -0.25) is 14.4 Å². The van der Waals surface area contributed by atoms with E-state index in [2.05, 4.69) is 63.8 Å². The molecule has 0 saturated carbocycles. The number of esters is 2. The lowest BCUT2D eigenvalue weighted by atomic mass is 9.76. The summed E-state index contributed by atoms with van der Waals surface area (Å²) in [5.41, 5.74) is -1.54. The van der Waals surface area contributed by atoms with Gasteiger partial charge in [0.05, 0.1) is 6.42 Å². The van der Waals surface area contributed by atoms with E-state index in [9.17, 15) is 19.5 Å². The molecule has 0 aromatic carbocycles. The molecule has 0 aliphatic rings. The van der Waals surface area contributed by atoms with Crippen LogP contribution >= 0.6 is 0 Å².